The SMILES string of the molecule is CC(Oc1ccccc1Cl)C(=O)N1CCCC1CC(=O)O. The molecule has 0 radical (unpaired) electrons. The molecule has 0 bridgehead atoms. The van der Waals surface area contributed by atoms with Crippen molar-refractivity contribution in [2.75, 3.05) is 6.54 Å². The summed E-state index contributed by atoms with van der Waals surface area (Å²) < 4.78 is 5.60. The molecule has 2 rings (SSSR count). The lowest BCUT2D eigenvalue weighted by Gasteiger charge is -2.27. The Morgan fingerprint density at radius 2 is 2.19 bits per heavy atom. The van der Waals surface area contributed by atoms with Crippen LogP contribution < -0.4 is 4.74 Å². The van der Waals surface area contributed by atoms with Crippen LogP contribution in [0.15, 0.2) is 24.3 Å². The van der Waals surface area contributed by atoms with Gasteiger partial charge in [-0.1, -0.05) is 23.7 Å². The Morgan fingerprint density at radius 3 is 2.86 bits per heavy atom. The number of carboxylic acid groups (broad SMARTS) is 1. The first kappa shape index (κ1) is 15.6. The largest absolute Gasteiger partial charge is 0.481 e. The minimum absolute atomic E-state index is 0.0233. The van der Waals surface area contributed by atoms with Gasteiger partial charge in [0.05, 0.1) is 11.4 Å². The summed E-state index contributed by atoms with van der Waals surface area (Å²) >= 11 is 6.00. The maximum absolute atomic E-state index is 12.4. The van der Waals surface area contributed by atoms with E-state index in [0.717, 1.165) is 12.8 Å². The molecule has 5 nitrogen and oxygen atoms in total. The molecule has 1 heterocycles. The highest BCUT2D eigenvalue weighted by atomic mass is 35.5. The fourth-order valence-corrected chi connectivity index (χ4v) is 2.73. The molecule has 1 aromatic carbocycles. The molecule has 0 aromatic heterocycles. The molecule has 0 saturated carbocycles. The first-order valence-electron chi connectivity index (χ1n) is 6.92. The quantitative estimate of drug-likeness (QED) is 0.907. The van der Waals surface area contributed by atoms with E-state index in [2.05, 4.69) is 0 Å². The van der Waals surface area contributed by atoms with Crippen LogP contribution in [0.1, 0.15) is 26.2 Å². The van der Waals surface area contributed by atoms with Gasteiger partial charge in [0.25, 0.3) is 5.91 Å². The van der Waals surface area contributed by atoms with Crippen molar-refractivity contribution in [3.05, 3.63) is 29.3 Å². The van der Waals surface area contributed by atoms with Crippen molar-refractivity contribution >= 4 is 23.5 Å². The second kappa shape index (κ2) is 6.80. The standard InChI is InChI=1S/C15H18ClNO4/c1-10(21-13-7-3-2-6-12(13)16)15(20)17-8-4-5-11(17)9-14(18)19/h2-3,6-7,10-11H,4-5,8-9H2,1H3,(H,18,19). The van der Waals surface area contributed by atoms with Gasteiger partial charge in [0, 0.05) is 12.6 Å². The zero-order chi connectivity index (χ0) is 15.4. The molecule has 1 N–H and O–H groups in total. The fourth-order valence-electron chi connectivity index (χ4n) is 2.55. The Labute approximate surface area is 128 Å². The number of halogens is 1. The molecule has 2 unspecified atom stereocenters. The number of hydrogen-bond donors (Lipinski definition) is 1. The Balaban J connectivity index is 2.02. The Hall–Kier alpha value is -1.75. The normalized spacial score (nSPS) is 19.3. The summed E-state index contributed by atoms with van der Waals surface area (Å²) in [6, 6.07) is 6.71. The molecule has 1 aliphatic rings. The van der Waals surface area contributed by atoms with Crippen molar-refractivity contribution in [1.29, 1.82) is 0 Å². The molecule has 21 heavy (non-hydrogen) atoms. The molecule has 1 aliphatic heterocycles. The first-order chi connectivity index (χ1) is 9.99. The van der Waals surface area contributed by atoms with Crippen LogP contribution in [0.25, 0.3) is 0 Å². The molecule has 114 valence electrons. The number of ether oxygens (including phenoxy) is 1. The maximum atomic E-state index is 12.4. The van der Waals surface area contributed by atoms with Crippen molar-refractivity contribution in [2.45, 2.75) is 38.3 Å². The topological polar surface area (TPSA) is 66.8 Å². The van der Waals surface area contributed by atoms with Crippen molar-refractivity contribution in [1.82, 2.24) is 4.90 Å². The number of likely N-dealkylation sites (tertiary alicyclic amines) is 1. The molecule has 2 atom stereocenters. The summed E-state index contributed by atoms with van der Waals surface area (Å²) in [6.07, 6.45) is 0.823. The third-order valence-corrected chi connectivity index (χ3v) is 3.87. The molecule has 6 heteroatoms. The number of para-hydroxylation sites is 1. The molecule has 0 spiro atoms. The van der Waals surface area contributed by atoms with Gasteiger partial charge in [0.15, 0.2) is 6.10 Å². The van der Waals surface area contributed by atoms with E-state index in [1.807, 2.05) is 0 Å². The van der Waals surface area contributed by atoms with Gasteiger partial charge in [-0.25, -0.2) is 0 Å². The number of aliphatic carboxylic acids is 1. The summed E-state index contributed by atoms with van der Waals surface area (Å²) in [4.78, 5) is 24.9. The van der Waals surface area contributed by atoms with Gasteiger partial charge in [-0.15, -0.1) is 0 Å². The van der Waals surface area contributed by atoms with Crippen molar-refractivity contribution < 1.29 is 19.4 Å². The van der Waals surface area contributed by atoms with Crippen LogP contribution >= 0.6 is 11.6 Å². The summed E-state index contributed by atoms with van der Waals surface area (Å²) in [7, 11) is 0. The molecule has 1 amide bonds. The minimum atomic E-state index is -0.889. The molecule has 1 saturated heterocycles. The lowest BCUT2D eigenvalue weighted by Crippen LogP contribution is -2.43. The second-order valence-electron chi connectivity index (χ2n) is 5.12. The molecule has 0 aliphatic carbocycles. The van der Waals surface area contributed by atoms with E-state index in [-0.39, 0.29) is 18.4 Å². The van der Waals surface area contributed by atoms with E-state index in [1.165, 1.54) is 0 Å². The predicted octanol–water partition coefficient (Wildman–Crippen LogP) is 2.57. The average molecular weight is 312 g/mol. The van der Waals surface area contributed by atoms with E-state index in [0.29, 0.717) is 17.3 Å². The summed E-state index contributed by atoms with van der Waals surface area (Å²) in [5.41, 5.74) is 0. The summed E-state index contributed by atoms with van der Waals surface area (Å²) in [5.74, 6) is -0.632. The number of carbonyl (C=O) groups excluding carboxylic acids is 1. The predicted molar refractivity (Wildman–Crippen MR) is 78.5 cm³/mol. The highest BCUT2D eigenvalue weighted by Crippen LogP contribution is 2.26. The Morgan fingerprint density at radius 1 is 1.48 bits per heavy atom. The van der Waals surface area contributed by atoms with Gasteiger partial charge in [0.2, 0.25) is 0 Å². The van der Waals surface area contributed by atoms with E-state index < -0.39 is 12.1 Å². The smallest absolute Gasteiger partial charge is 0.305 e. The number of carboxylic acids is 1. The monoisotopic (exact) mass is 311 g/mol. The highest BCUT2D eigenvalue weighted by Gasteiger charge is 2.33. The molecule has 1 fully saturated rings. The van der Waals surface area contributed by atoms with Gasteiger partial charge in [-0.3, -0.25) is 9.59 Å². The van der Waals surface area contributed by atoms with Crippen LogP contribution in [0.3, 0.4) is 0 Å². The van der Waals surface area contributed by atoms with E-state index >= 15 is 0 Å². The fraction of sp³-hybridized carbons (Fsp3) is 0.467. The van der Waals surface area contributed by atoms with Crippen LogP contribution in [0.4, 0.5) is 0 Å². The Kier molecular flexibility index (Phi) is 5.07. The van der Waals surface area contributed by atoms with Gasteiger partial charge in [-0.05, 0) is 31.9 Å². The summed E-state index contributed by atoms with van der Waals surface area (Å²) in [6.45, 7) is 2.23. The zero-order valence-corrected chi connectivity index (χ0v) is 12.5. The lowest BCUT2D eigenvalue weighted by molar-refractivity contribution is -0.142. The van der Waals surface area contributed by atoms with Crippen molar-refractivity contribution in [2.24, 2.45) is 0 Å². The third kappa shape index (κ3) is 3.88. The van der Waals surface area contributed by atoms with Crippen LogP contribution in [-0.4, -0.2) is 40.6 Å². The maximum Gasteiger partial charge on any atom is 0.305 e. The Bertz CT molecular complexity index is 534. The number of benzene rings is 1. The van der Waals surface area contributed by atoms with E-state index in [4.69, 9.17) is 21.4 Å². The van der Waals surface area contributed by atoms with Crippen molar-refractivity contribution in [3.8, 4) is 5.75 Å². The van der Waals surface area contributed by atoms with Crippen LogP contribution in [-0.2, 0) is 9.59 Å². The van der Waals surface area contributed by atoms with Gasteiger partial charge in [0.1, 0.15) is 5.75 Å². The molecular formula is C15H18ClNO4. The number of amides is 1. The van der Waals surface area contributed by atoms with Gasteiger partial charge < -0.3 is 14.7 Å². The van der Waals surface area contributed by atoms with Gasteiger partial charge in [-0.2, -0.15) is 0 Å². The third-order valence-electron chi connectivity index (χ3n) is 3.56. The summed E-state index contributed by atoms with van der Waals surface area (Å²) in [5, 5.41) is 9.34. The first-order valence-corrected chi connectivity index (χ1v) is 7.30. The zero-order valence-electron chi connectivity index (χ0n) is 11.8. The van der Waals surface area contributed by atoms with Crippen LogP contribution in [0.2, 0.25) is 5.02 Å². The second-order valence-corrected chi connectivity index (χ2v) is 5.52. The number of rotatable bonds is 5. The molecule has 1 aromatic rings. The number of nitrogens with zero attached hydrogens (tertiary/aromatic N) is 1. The minimum Gasteiger partial charge on any atom is -0.481 e. The van der Waals surface area contributed by atoms with Crippen LogP contribution in [0.5, 0.6) is 5.75 Å². The lowest BCUT2D eigenvalue weighted by atomic mass is 10.1. The van der Waals surface area contributed by atoms with Crippen LogP contribution in [0, 0.1) is 0 Å². The molecular weight excluding hydrogens is 294 g/mol. The number of carbonyl (C=O) groups is 2. The van der Waals surface area contributed by atoms with E-state index in [1.54, 1.807) is 36.1 Å². The van der Waals surface area contributed by atoms with Gasteiger partial charge >= 0.3 is 5.97 Å². The highest BCUT2D eigenvalue weighted by molar-refractivity contribution is 6.32. The average Bonchev–Trinajstić information content (AvgIpc) is 2.87. The van der Waals surface area contributed by atoms with E-state index in [9.17, 15) is 9.59 Å². The van der Waals surface area contributed by atoms with Crippen molar-refractivity contribution in [3.63, 3.8) is 0 Å². The number of hydrogen-bond acceptors (Lipinski definition) is 3.